The maximum atomic E-state index is 10.7. The van der Waals surface area contributed by atoms with Gasteiger partial charge in [-0.1, -0.05) is 12.1 Å². The molecule has 0 unspecified atom stereocenters. The standard InChI is InChI=1S/C14H9BrN4O2/c15-9-6-8-2-1-3-10(13(8)16-7-9)17-12-5-4-11(14(20)21)18-19-12/h1-7H,(H,17,19)(H,20,21). The Labute approximate surface area is 128 Å². The van der Waals surface area contributed by atoms with Crippen molar-refractivity contribution in [3.63, 3.8) is 0 Å². The van der Waals surface area contributed by atoms with E-state index in [4.69, 9.17) is 5.11 Å². The van der Waals surface area contributed by atoms with Gasteiger partial charge in [-0.05, 0) is 40.2 Å². The van der Waals surface area contributed by atoms with Gasteiger partial charge in [-0.2, -0.15) is 0 Å². The molecule has 2 heterocycles. The van der Waals surface area contributed by atoms with Crippen LogP contribution >= 0.6 is 15.9 Å². The van der Waals surface area contributed by atoms with E-state index in [0.29, 0.717) is 5.82 Å². The Morgan fingerprint density at radius 3 is 2.76 bits per heavy atom. The maximum Gasteiger partial charge on any atom is 0.356 e. The van der Waals surface area contributed by atoms with Crippen molar-refractivity contribution >= 4 is 44.3 Å². The number of anilines is 2. The number of pyridine rings is 1. The van der Waals surface area contributed by atoms with E-state index in [9.17, 15) is 4.79 Å². The van der Waals surface area contributed by atoms with Crippen molar-refractivity contribution in [2.45, 2.75) is 0 Å². The summed E-state index contributed by atoms with van der Waals surface area (Å²) in [5, 5.41) is 20.3. The summed E-state index contributed by atoms with van der Waals surface area (Å²) >= 11 is 3.38. The summed E-state index contributed by atoms with van der Waals surface area (Å²) in [6, 6.07) is 10.7. The number of para-hydroxylation sites is 1. The number of fused-ring (bicyclic) bond motifs is 1. The van der Waals surface area contributed by atoms with Crippen LogP contribution in [0.15, 0.2) is 47.1 Å². The number of nitrogens with zero attached hydrogens (tertiary/aromatic N) is 3. The molecule has 0 bridgehead atoms. The van der Waals surface area contributed by atoms with Gasteiger partial charge in [0.1, 0.15) is 0 Å². The Kier molecular flexibility index (Phi) is 3.49. The predicted octanol–water partition coefficient (Wildman–Crippen LogP) is 3.23. The molecule has 6 nitrogen and oxygen atoms in total. The Hall–Kier alpha value is -2.54. The number of benzene rings is 1. The first-order chi connectivity index (χ1) is 10.1. The first-order valence-corrected chi connectivity index (χ1v) is 6.81. The monoisotopic (exact) mass is 344 g/mol. The summed E-state index contributed by atoms with van der Waals surface area (Å²) in [5.74, 6) is -0.650. The van der Waals surface area contributed by atoms with E-state index >= 15 is 0 Å². The lowest BCUT2D eigenvalue weighted by Gasteiger charge is -2.08. The lowest BCUT2D eigenvalue weighted by molar-refractivity contribution is 0.0689. The molecule has 0 radical (unpaired) electrons. The fraction of sp³-hybridized carbons (Fsp3) is 0. The molecule has 0 amide bonds. The molecule has 0 saturated carbocycles. The maximum absolute atomic E-state index is 10.7. The van der Waals surface area contributed by atoms with E-state index in [1.54, 1.807) is 12.3 Å². The summed E-state index contributed by atoms with van der Waals surface area (Å²) in [4.78, 5) is 15.1. The lowest BCUT2D eigenvalue weighted by Crippen LogP contribution is -2.03. The normalized spacial score (nSPS) is 10.5. The molecule has 0 atom stereocenters. The van der Waals surface area contributed by atoms with Gasteiger partial charge < -0.3 is 10.4 Å². The third-order valence-electron chi connectivity index (χ3n) is 2.82. The average Bonchev–Trinajstić information content (AvgIpc) is 2.47. The van der Waals surface area contributed by atoms with Crippen molar-refractivity contribution in [3.05, 3.63) is 52.8 Å². The van der Waals surface area contributed by atoms with Crippen LogP contribution in [-0.2, 0) is 0 Å². The number of carbonyl (C=O) groups is 1. The molecule has 1 aromatic carbocycles. The zero-order chi connectivity index (χ0) is 14.8. The molecule has 0 aliphatic carbocycles. The van der Waals surface area contributed by atoms with Crippen LogP contribution in [0.25, 0.3) is 10.9 Å². The first-order valence-electron chi connectivity index (χ1n) is 6.02. The molecule has 0 fully saturated rings. The minimum Gasteiger partial charge on any atom is -0.476 e. The van der Waals surface area contributed by atoms with E-state index < -0.39 is 5.97 Å². The Bertz CT molecular complexity index is 821. The van der Waals surface area contributed by atoms with Crippen LogP contribution < -0.4 is 5.32 Å². The van der Waals surface area contributed by atoms with E-state index in [2.05, 4.69) is 36.4 Å². The highest BCUT2D eigenvalue weighted by molar-refractivity contribution is 9.10. The SMILES string of the molecule is O=C(O)c1ccc(Nc2cccc3cc(Br)cnc23)nn1. The molecule has 2 aromatic heterocycles. The van der Waals surface area contributed by atoms with Crippen molar-refractivity contribution in [2.75, 3.05) is 5.32 Å². The van der Waals surface area contributed by atoms with E-state index in [-0.39, 0.29) is 5.69 Å². The molecular formula is C14H9BrN4O2. The summed E-state index contributed by atoms with van der Waals surface area (Å²) in [7, 11) is 0. The number of halogens is 1. The van der Waals surface area contributed by atoms with Crippen LogP contribution in [-0.4, -0.2) is 26.3 Å². The quantitative estimate of drug-likeness (QED) is 0.758. The molecule has 0 aliphatic rings. The number of aromatic nitrogens is 3. The van der Waals surface area contributed by atoms with Gasteiger partial charge in [0.15, 0.2) is 11.5 Å². The van der Waals surface area contributed by atoms with Gasteiger partial charge in [0.2, 0.25) is 0 Å². The van der Waals surface area contributed by atoms with Crippen LogP contribution in [0.4, 0.5) is 11.5 Å². The average molecular weight is 345 g/mol. The van der Waals surface area contributed by atoms with Crippen LogP contribution in [0.5, 0.6) is 0 Å². The molecule has 0 saturated heterocycles. The van der Waals surface area contributed by atoms with Gasteiger partial charge in [0.05, 0.1) is 11.2 Å². The Morgan fingerprint density at radius 1 is 1.19 bits per heavy atom. The molecule has 0 spiro atoms. The predicted molar refractivity (Wildman–Crippen MR) is 81.7 cm³/mol. The fourth-order valence-corrected chi connectivity index (χ4v) is 2.23. The number of nitrogens with one attached hydrogen (secondary N) is 1. The third kappa shape index (κ3) is 2.82. The van der Waals surface area contributed by atoms with Crippen molar-refractivity contribution < 1.29 is 9.90 Å². The van der Waals surface area contributed by atoms with Crippen molar-refractivity contribution in [1.29, 1.82) is 0 Å². The van der Waals surface area contributed by atoms with Crippen LogP contribution in [0.2, 0.25) is 0 Å². The smallest absolute Gasteiger partial charge is 0.356 e. The molecule has 3 rings (SSSR count). The zero-order valence-electron chi connectivity index (χ0n) is 10.6. The second-order valence-electron chi connectivity index (χ2n) is 4.26. The lowest BCUT2D eigenvalue weighted by atomic mass is 10.2. The fourth-order valence-electron chi connectivity index (χ4n) is 1.89. The highest BCUT2D eigenvalue weighted by atomic mass is 79.9. The van der Waals surface area contributed by atoms with E-state index in [0.717, 1.165) is 21.1 Å². The molecule has 3 aromatic rings. The summed E-state index contributed by atoms with van der Waals surface area (Å²) < 4.78 is 0.901. The molecular weight excluding hydrogens is 336 g/mol. The zero-order valence-corrected chi connectivity index (χ0v) is 12.2. The molecule has 21 heavy (non-hydrogen) atoms. The number of carboxylic acid groups (broad SMARTS) is 1. The van der Waals surface area contributed by atoms with Gasteiger partial charge >= 0.3 is 5.97 Å². The highest BCUT2D eigenvalue weighted by Gasteiger charge is 2.07. The van der Waals surface area contributed by atoms with Crippen molar-refractivity contribution in [2.24, 2.45) is 0 Å². The van der Waals surface area contributed by atoms with E-state index in [1.807, 2.05) is 24.3 Å². The second-order valence-corrected chi connectivity index (χ2v) is 5.18. The first kappa shape index (κ1) is 13.4. The largest absolute Gasteiger partial charge is 0.476 e. The van der Waals surface area contributed by atoms with Gasteiger partial charge in [0, 0.05) is 16.1 Å². The molecule has 7 heteroatoms. The minimum absolute atomic E-state index is 0.0967. The van der Waals surface area contributed by atoms with Gasteiger partial charge in [-0.3, -0.25) is 4.98 Å². The highest BCUT2D eigenvalue weighted by Crippen LogP contribution is 2.25. The number of rotatable bonds is 3. The van der Waals surface area contributed by atoms with Gasteiger partial charge in [-0.15, -0.1) is 10.2 Å². The van der Waals surface area contributed by atoms with Crippen LogP contribution in [0.3, 0.4) is 0 Å². The van der Waals surface area contributed by atoms with Crippen molar-refractivity contribution in [3.8, 4) is 0 Å². The van der Waals surface area contributed by atoms with Gasteiger partial charge in [0.25, 0.3) is 0 Å². The van der Waals surface area contributed by atoms with Crippen LogP contribution in [0.1, 0.15) is 10.5 Å². The summed E-state index contributed by atoms with van der Waals surface area (Å²) in [6.45, 7) is 0. The number of carboxylic acids is 1. The minimum atomic E-state index is -1.11. The molecule has 0 aliphatic heterocycles. The Morgan fingerprint density at radius 2 is 2.05 bits per heavy atom. The number of hydrogen-bond acceptors (Lipinski definition) is 5. The number of aromatic carboxylic acids is 1. The topological polar surface area (TPSA) is 88.0 Å². The van der Waals surface area contributed by atoms with Gasteiger partial charge in [-0.25, -0.2) is 4.79 Å². The van der Waals surface area contributed by atoms with Crippen LogP contribution in [0, 0.1) is 0 Å². The molecule has 104 valence electrons. The second kappa shape index (κ2) is 5.45. The van der Waals surface area contributed by atoms with E-state index in [1.165, 1.54) is 6.07 Å². The molecule has 2 N–H and O–H groups in total. The number of hydrogen-bond donors (Lipinski definition) is 2. The summed E-state index contributed by atoms with van der Waals surface area (Å²) in [5.41, 5.74) is 1.47. The Balaban J connectivity index is 1.96. The third-order valence-corrected chi connectivity index (χ3v) is 3.26. The summed E-state index contributed by atoms with van der Waals surface area (Å²) in [6.07, 6.45) is 1.71. The van der Waals surface area contributed by atoms with Crippen molar-refractivity contribution in [1.82, 2.24) is 15.2 Å².